The fourth-order valence-electron chi connectivity index (χ4n) is 1.60. The lowest BCUT2D eigenvalue weighted by atomic mass is 10.2. The maximum absolute atomic E-state index is 6.04. The van der Waals surface area contributed by atoms with Crippen molar-refractivity contribution in [1.29, 1.82) is 0 Å². The lowest BCUT2D eigenvalue weighted by molar-refractivity contribution is 1.10. The van der Waals surface area contributed by atoms with Crippen molar-refractivity contribution < 1.29 is 0 Å². The van der Waals surface area contributed by atoms with Crippen LogP contribution in [-0.4, -0.2) is 4.98 Å². The third kappa shape index (κ3) is 2.34. The lowest BCUT2D eigenvalue weighted by Gasteiger charge is -2.11. The highest BCUT2D eigenvalue weighted by Gasteiger charge is 2.05. The van der Waals surface area contributed by atoms with Crippen LogP contribution in [0.2, 0.25) is 5.15 Å². The van der Waals surface area contributed by atoms with Crippen molar-refractivity contribution in [2.75, 3.05) is 5.32 Å². The molecular weight excluding hydrogens is 220 g/mol. The van der Waals surface area contributed by atoms with Crippen LogP contribution in [0.3, 0.4) is 0 Å². The Bertz CT molecular complexity index is 469. The lowest BCUT2D eigenvalue weighted by Crippen LogP contribution is -1.97. The van der Waals surface area contributed by atoms with E-state index in [0.717, 1.165) is 23.4 Å². The van der Waals surface area contributed by atoms with Gasteiger partial charge in [0.15, 0.2) is 0 Å². The van der Waals surface area contributed by atoms with Crippen molar-refractivity contribution in [1.82, 2.24) is 4.98 Å². The Balaban J connectivity index is 2.31. The van der Waals surface area contributed by atoms with Gasteiger partial charge in [-0.05, 0) is 24.6 Å². The van der Waals surface area contributed by atoms with E-state index in [9.17, 15) is 0 Å². The first-order valence-corrected chi connectivity index (χ1v) is 5.64. The molecule has 0 saturated carbocycles. The van der Waals surface area contributed by atoms with Crippen LogP contribution in [0.15, 0.2) is 42.6 Å². The summed E-state index contributed by atoms with van der Waals surface area (Å²) in [6.45, 7) is 2.07. The molecule has 0 fully saturated rings. The van der Waals surface area contributed by atoms with Crippen molar-refractivity contribution in [3.63, 3.8) is 0 Å². The third-order valence-corrected chi connectivity index (χ3v) is 2.74. The van der Waals surface area contributed by atoms with E-state index in [-0.39, 0.29) is 0 Å². The summed E-state index contributed by atoms with van der Waals surface area (Å²) < 4.78 is 0. The smallest absolute Gasteiger partial charge is 0.134 e. The maximum Gasteiger partial charge on any atom is 0.134 e. The molecule has 2 rings (SSSR count). The second kappa shape index (κ2) is 4.99. The normalized spacial score (nSPS) is 10.1. The summed E-state index contributed by atoms with van der Waals surface area (Å²) in [4.78, 5) is 4.08. The second-order valence-corrected chi connectivity index (χ2v) is 3.83. The topological polar surface area (TPSA) is 24.9 Å². The van der Waals surface area contributed by atoms with Crippen LogP contribution in [0, 0.1) is 0 Å². The Labute approximate surface area is 100 Å². The number of nitrogens with zero attached hydrogens (tertiary/aromatic N) is 1. The summed E-state index contributed by atoms with van der Waals surface area (Å²) in [6.07, 6.45) is 2.58. The molecular formula is C13H13ClN2. The molecule has 0 radical (unpaired) electrons. The third-order valence-electron chi connectivity index (χ3n) is 2.41. The molecule has 0 unspecified atom stereocenters. The molecule has 0 aliphatic heterocycles. The molecule has 16 heavy (non-hydrogen) atoms. The van der Waals surface area contributed by atoms with Crippen LogP contribution in [0.5, 0.6) is 0 Å². The molecule has 2 nitrogen and oxygen atoms in total. The maximum atomic E-state index is 6.04. The molecule has 0 saturated heterocycles. The molecule has 0 amide bonds. The van der Waals surface area contributed by atoms with Crippen LogP contribution < -0.4 is 5.32 Å². The molecule has 2 aromatic rings. The predicted octanol–water partition coefficient (Wildman–Crippen LogP) is 4.04. The fraction of sp³-hybridized carbons (Fsp3) is 0.154. The van der Waals surface area contributed by atoms with Gasteiger partial charge in [0, 0.05) is 23.1 Å². The van der Waals surface area contributed by atoms with Gasteiger partial charge in [-0.25, -0.2) is 4.98 Å². The van der Waals surface area contributed by atoms with E-state index in [1.165, 1.54) is 0 Å². The van der Waals surface area contributed by atoms with Gasteiger partial charge in [-0.3, -0.25) is 0 Å². The first kappa shape index (κ1) is 11.0. The minimum Gasteiger partial charge on any atom is -0.355 e. The van der Waals surface area contributed by atoms with Crippen molar-refractivity contribution in [3.05, 3.63) is 53.3 Å². The highest BCUT2D eigenvalue weighted by atomic mass is 35.5. The first-order chi connectivity index (χ1) is 7.81. The van der Waals surface area contributed by atoms with E-state index in [1.54, 1.807) is 6.20 Å². The van der Waals surface area contributed by atoms with Gasteiger partial charge in [-0.1, -0.05) is 36.7 Å². The van der Waals surface area contributed by atoms with Crippen molar-refractivity contribution in [2.24, 2.45) is 0 Å². The van der Waals surface area contributed by atoms with Crippen LogP contribution in [0.1, 0.15) is 12.5 Å². The number of hydrogen-bond donors (Lipinski definition) is 1. The molecule has 1 N–H and O–H groups in total. The fourth-order valence-corrected chi connectivity index (χ4v) is 1.89. The number of benzene rings is 1. The van der Waals surface area contributed by atoms with E-state index in [2.05, 4.69) is 17.2 Å². The van der Waals surface area contributed by atoms with Crippen LogP contribution >= 0.6 is 11.6 Å². The Hall–Kier alpha value is -1.54. The number of para-hydroxylation sites is 1. The largest absolute Gasteiger partial charge is 0.355 e. The zero-order chi connectivity index (χ0) is 11.4. The quantitative estimate of drug-likeness (QED) is 0.808. The Morgan fingerprint density at radius 3 is 2.62 bits per heavy atom. The van der Waals surface area contributed by atoms with E-state index < -0.39 is 0 Å². The van der Waals surface area contributed by atoms with Gasteiger partial charge < -0.3 is 5.32 Å². The van der Waals surface area contributed by atoms with Crippen molar-refractivity contribution in [2.45, 2.75) is 13.3 Å². The summed E-state index contributed by atoms with van der Waals surface area (Å²) in [7, 11) is 0. The second-order valence-electron chi connectivity index (χ2n) is 3.47. The average molecular weight is 233 g/mol. The predicted molar refractivity (Wildman–Crippen MR) is 68.3 cm³/mol. The van der Waals surface area contributed by atoms with Gasteiger partial charge in [0.2, 0.25) is 0 Å². The van der Waals surface area contributed by atoms with Crippen LogP contribution in [0.25, 0.3) is 0 Å². The number of halogens is 1. The zero-order valence-electron chi connectivity index (χ0n) is 9.07. The highest BCUT2D eigenvalue weighted by molar-refractivity contribution is 6.30. The van der Waals surface area contributed by atoms with Crippen LogP contribution in [-0.2, 0) is 6.42 Å². The van der Waals surface area contributed by atoms with E-state index in [4.69, 9.17) is 11.6 Å². The van der Waals surface area contributed by atoms with Crippen molar-refractivity contribution >= 4 is 23.0 Å². The molecule has 0 atom stereocenters. The molecule has 1 aromatic carbocycles. The number of rotatable bonds is 3. The summed E-state index contributed by atoms with van der Waals surface area (Å²) >= 11 is 6.04. The molecule has 0 spiro atoms. The molecule has 82 valence electrons. The summed E-state index contributed by atoms with van der Waals surface area (Å²) in [6, 6.07) is 12.0. The number of anilines is 2. The standard InChI is InChI=1S/C13H13ClN2/c1-2-11-12(8-9-15-13(11)14)16-10-6-4-3-5-7-10/h3-9H,2H2,1H3,(H,15,16). The monoisotopic (exact) mass is 232 g/mol. The van der Waals surface area contributed by atoms with E-state index >= 15 is 0 Å². The van der Waals surface area contributed by atoms with Crippen LogP contribution in [0.4, 0.5) is 11.4 Å². The molecule has 0 aliphatic carbocycles. The molecule has 1 heterocycles. The molecule has 0 bridgehead atoms. The average Bonchev–Trinajstić information content (AvgIpc) is 2.31. The molecule has 0 aliphatic rings. The van der Waals surface area contributed by atoms with Crippen molar-refractivity contribution in [3.8, 4) is 0 Å². The molecule has 3 heteroatoms. The number of nitrogens with one attached hydrogen (secondary N) is 1. The van der Waals surface area contributed by atoms with E-state index in [0.29, 0.717) is 5.15 Å². The summed E-state index contributed by atoms with van der Waals surface area (Å²) in [5.74, 6) is 0. The van der Waals surface area contributed by atoms with Gasteiger partial charge >= 0.3 is 0 Å². The molecule has 1 aromatic heterocycles. The zero-order valence-corrected chi connectivity index (χ0v) is 9.83. The Kier molecular flexibility index (Phi) is 3.42. The van der Waals surface area contributed by atoms with Gasteiger partial charge in [-0.15, -0.1) is 0 Å². The van der Waals surface area contributed by atoms with Gasteiger partial charge in [0.1, 0.15) is 5.15 Å². The Morgan fingerprint density at radius 2 is 1.94 bits per heavy atom. The van der Waals surface area contributed by atoms with E-state index in [1.807, 2.05) is 36.4 Å². The van der Waals surface area contributed by atoms with Gasteiger partial charge in [0.05, 0.1) is 0 Å². The Morgan fingerprint density at radius 1 is 1.19 bits per heavy atom. The number of hydrogen-bond acceptors (Lipinski definition) is 2. The minimum atomic E-state index is 0.573. The van der Waals surface area contributed by atoms with Gasteiger partial charge in [-0.2, -0.15) is 0 Å². The van der Waals surface area contributed by atoms with Gasteiger partial charge in [0.25, 0.3) is 0 Å². The minimum absolute atomic E-state index is 0.573. The summed E-state index contributed by atoms with van der Waals surface area (Å²) in [5.41, 5.74) is 3.13. The first-order valence-electron chi connectivity index (χ1n) is 5.26. The number of aromatic nitrogens is 1. The number of pyridine rings is 1. The highest BCUT2D eigenvalue weighted by Crippen LogP contribution is 2.25. The summed E-state index contributed by atoms with van der Waals surface area (Å²) in [5, 5.41) is 3.91. The SMILES string of the molecule is CCc1c(Nc2ccccc2)ccnc1Cl.